The first-order valence-electron chi connectivity index (χ1n) is 9.71. The predicted molar refractivity (Wildman–Crippen MR) is 101 cm³/mol. The molecule has 1 amide bonds. The van der Waals surface area contributed by atoms with Crippen molar-refractivity contribution in [3.05, 3.63) is 29.8 Å². The quantitative estimate of drug-likeness (QED) is 0.768. The number of ether oxygens (including phenoxy) is 1. The van der Waals surface area contributed by atoms with Crippen molar-refractivity contribution in [3.8, 4) is 0 Å². The summed E-state index contributed by atoms with van der Waals surface area (Å²) in [5.74, 6) is 0.0822. The largest absolute Gasteiger partial charge is 0.358 e. The van der Waals surface area contributed by atoms with Crippen LogP contribution in [-0.2, 0) is 19.7 Å². The zero-order valence-corrected chi connectivity index (χ0v) is 16.5. The maximum atomic E-state index is 13.7. The maximum Gasteiger partial charge on any atom is 0.260 e. The molecule has 1 aromatic rings. The van der Waals surface area contributed by atoms with Crippen LogP contribution in [0.2, 0.25) is 0 Å². The van der Waals surface area contributed by atoms with E-state index in [9.17, 15) is 9.59 Å². The minimum atomic E-state index is -0.942. The van der Waals surface area contributed by atoms with Gasteiger partial charge in [0.2, 0.25) is 0 Å². The van der Waals surface area contributed by atoms with E-state index in [4.69, 9.17) is 4.74 Å². The van der Waals surface area contributed by atoms with Gasteiger partial charge in [0.05, 0.1) is 11.5 Å². The molecular weight excluding hydrogens is 326 g/mol. The van der Waals surface area contributed by atoms with Gasteiger partial charge in [-0.2, -0.15) is 0 Å². The maximum absolute atomic E-state index is 13.7. The third-order valence-electron chi connectivity index (χ3n) is 6.36. The van der Waals surface area contributed by atoms with Gasteiger partial charge in [0, 0.05) is 24.6 Å². The fourth-order valence-corrected chi connectivity index (χ4v) is 5.19. The van der Waals surface area contributed by atoms with Gasteiger partial charge < -0.3 is 9.64 Å². The third kappa shape index (κ3) is 2.38. The average molecular weight is 355 g/mol. The molecular formula is C22H29NO3. The highest BCUT2D eigenvalue weighted by Crippen LogP contribution is 2.58. The fraction of sp³-hybridized carbons (Fsp3) is 0.636. The lowest BCUT2D eigenvalue weighted by atomic mass is 9.53. The normalized spacial score (nSPS) is 33.3. The molecule has 26 heavy (non-hydrogen) atoms. The minimum Gasteiger partial charge on any atom is -0.358 e. The molecule has 1 aliphatic carbocycles. The lowest BCUT2D eigenvalue weighted by Gasteiger charge is -2.62. The van der Waals surface area contributed by atoms with Crippen LogP contribution in [-0.4, -0.2) is 29.4 Å². The van der Waals surface area contributed by atoms with Crippen LogP contribution in [0.15, 0.2) is 24.3 Å². The summed E-state index contributed by atoms with van der Waals surface area (Å²) in [6, 6.07) is 8.13. The smallest absolute Gasteiger partial charge is 0.260 e. The summed E-state index contributed by atoms with van der Waals surface area (Å²) in [7, 11) is 0. The summed E-state index contributed by atoms with van der Waals surface area (Å²) in [4.78, 5) is 28.3. The Labute approximate surface area is 155 Å². The predicted octanol–water partition coefficient (Wildman–Crippen LogP) is 3.86. The summed E-state index contributed by atoms with van der Waals surface area (Å²) >= 11 is 0. The first-order chi connectivity index (χ1) is 12.1. The standard InChI is InChI=1S/C22H29NO3/c1-20(2,3)15-8-6-7-9-17(15)23-11-10-14-12-16-18(24)13-21(4,5)26-22(14,16)19(23)25/h6-9,14,16H,10-13H2,1-5H3/t14-,16+,22+/m0/s1. The molecule has 2 saturated heterocycles. The van der Waals surface area contributed by atoms with Gasteiger partial charge in [0.15, 0.2) is 5.60 Å². The fourth-order valence-electron chi connectivity index (χ4n) is 5.19. The Morgan fingerprint density at radius 1 is 1.15 bits per heavy atom. The molecule has 1 aromatic carbocycles. The van der Waals surface area contributed by atoms with E-state index in [1.807, 2.05) is 36.9 Å². The number of piperidine rings is 1. The van der Waals surface area contributed by atoms with Crippen molar-refractivity contribution < 1.29 is 14.3 Å². The van der Waals surface area contributed by atoms with Crippen LogP contribution in [0.1, 0.15) is 59.4 Å². The Kier molecular flexibility index (Phi) is 3.69. The summed E-state index contributed by atoms with van der Waals surface area (Å²) in [5.41, 5.74) is 0.534. The van der Waals surface area contributed by atoms with Crippen LogP contribution in [0.25, 0.3) is 0 Å². The van der Waals surface area contributed by atoms with Crippen molar-refractivity contribution in [2.24, 2.45) is 11.8 Å². The zero-order valence-electron chi connectivity index (χ0n) is 16.5. The molecule has 3 aliphatic rings. The molecule has 0 bridgehead atoms. The second kappa shape index (κ2) is 5.41. The topological polar surface area (TPSA) is 46.6 Å². The molecule has 2 heterocycles. The Hall–Kier alpha value is -1.68. The number of nitrogens with zero attached hydrogens (tertiary/aromatic N) is 1. The second-order valence-corrected chi connectivity index (χ2v) is 9.80. The van der Waals surface area contributed by atoms with Crippen molar-refractivity contribution in [3.63, 3.8) is 0 Å². The van der Waals surface area contributed by atoms with Gasteiger partial charge in [-0.1, -0.05) is 39.0 Å². The van der Waals surface area contributed by atoms with Crippen LogP contribution < -0.4 is 4.90 Å². The zero-order chi connectivity index (χ0) is 18.9. The summed E-state index contributed by atoms with van der Waals surface area (Å²) < 4.78 is 6.41. The SMILES string of the molecule is CC1(C)CC(=O)[C@H]2C[C@@H]3CCN(c4ccccc4C(C)(C)C)C(=O)[C@@]32O1. The van der Waals surface area contributed by atoms with E-state index >= 15 is 0 Å². The monoisotopic (exact) mass is 355 g/mol. The van der Waals surface area contributed by atoms with Crippen molar-refractivity contribution in [1.82, 2.24) is 0 Å². The van der Waals surface area contributed by atoms with Gasteiger partial charge >= 0.3 is 0 Å². The second-order valence-electron chi connectivity index (χ2n) is 9.80. The number of hydrogen-bond donors (Lipinski definition) is 0. The van der Waals surface area contributed by atoms with Gasteiger partial charge in [-0.3, -0.25) is 9.59 Å². The van der Waals surface area contributed by atoms with Gasteiger partial charge in [0.1, 0.15) is 5.78 Å². The van der Waals surface area contributed by atoms with E-state index in [-0.39, 0.29) is 28.9 Å². The van der Waals surface area contributed by atoms with Crippen LogP contribution >= 0.6 is 0 Å². The summed E-state index contributed by atoms with van der Waals surface area (Å²) in [5, 5.41) is 0. The molecule has 140 valence electrons. The van der Waals surface area contributed by atoms with E-state index in [1.54, 1.807) is 0 Å². The molecule has 4 heteroatoms. The highest BCUT2D eigenvalue weighted by Gasteiger charge is 2.70. The van der Waals surface area contributed by atoms with E-state index in [2.05, 4.69) is 26.8 Å². The Morgan fingerprint density at radius 2 is 1.85 bits per heavy atom. The molecule has 2 aliphatic heterocycles. The van der Waals surface area contributed by atoms with E-state index < -0.39 is 11.2 Å². The third-order valence-corrected chi connectivity index (χ3v) is 6.36. The van der Waals surface area contributed by atoms with Gasteiger partial charge in [-0.05, 0) is 43.7 Å². The number of Topliss-reactive ketones (excluding diaryl/α,β-unsaturated/α-hetero) is 1. The molecule has 0 radical (unpaired) electrons. The number of carbonyl (C=O) groups excluding carboxylic acids is 2. The van der Waals surface area contributed by atoms with Crippen molar-refractivity contribution in [2.45, 2.75) is 70.5 Å². The van der Waals surface area contributed by atoms with Crippen molar-refractivity contribution >= 4 is 17.4 Å². The number of para-hydroxylation sites is 1. The number of carbonyl (C=O) groups is 2. The highest BCUT2D eigenvalue weighted by atomic mass is 16.5. The highest BCUT2D eigenvalue weighted by molar-refractivity contribution is 6.06. The van der Waals surface area contributed by atoms with Crippen LogP contribution in [0, 0.1) is 11.8 Å². The van der Waals surface area contributed by atoms with Crippen molar-refractivity contribution in [1.29, 1.82) is 0 Å². The average Bonchev–Trinajstić information content (AvgIpc) is 2.51. The number of rotatable bonds is 1. The Balaban J connectivity index is 1.77. The number of hydrogen-bond acceptors (Lipinski definition) is 3. The first kappa shape index (κ1) is 17.7. The molecule has 0 unspecified atom stereocenters. The Morgan fingerprint density at radius 3 is 2.54 bits per heavy atom. The molecule has 0 aromatic heterocycles. The van der Waals surface area contributed by atoms with Crippen molar-refractivity contribution in [2.75, 3.05) is 11.4 Å². The first-order valence-corrected chi connectivity index (χ1v) is 9.71. The van der Waals surface area contributed by atoms with E-state index in [1.165, 1.54) is 0 Å². The number of benzene rings is 1. The molecule has 0 N–H and O–H groups in total. The molecule has 4 rings (SSSR count). The number of amides is 1. The van der Waals surface area contributed by atoms with E-state index in [0.717, 1.165) is 24.1 Å². The van der Waals surface area contributed by atoms with Crippen LogP contribution in [0.3, 0.4) is 0 Å². The summed E-state index contributed by atoms with van der Waals surface area (Å²) in [6.07, 6.45) is 2.09. The van der Waals surface area contributed by atoms with Gasteiger partial charge in [0.25, 0.3) is 5.91 Å². The Bertz CT molecular complexity index is 776. The van der Waals surface area contributed by atoms with E-state index in [0.29, 0.717) is 13.0 Å². The molecule has 1 spiro atoms. The molecule has 3 fully saturated rings. The number of ketones is 1. The minimum absolute atomic E-state index is 0.0113. The van der Waals surface area contributed by atoms with Gasteiger partial charge in [-0.25, -0.2) is 0 Å². The van der Waals surface area contributed by atoms with Gasteiger partial charge in [-0.15, -0.1) is 0 Å². The molecule has 1 saturated carbocycles. The lowest BCUT2D eigenvalue weighted by molar-refractivity contribution is -0.256. The molecule has 4 nitrogen and oxygen atoms in total. The summed E-state index contributed by atoms with van der Waals surface area (Å²) in [6.45, 7) is 11.1. The number of anilines is 1. The lowest BCUT2D eigenvalue weighted by Crippen LogP contribution is -2.75. The van der Waals surface area contributed by atoms with Crippen LogP contribution in [0.5, 0.6) is 0 Å². The molecule has 3 atom stereocenters. The van der Waals surface area contributed by atoms with Crippen LogP contribution in [0.4, 0.5) is 5.69 Å².